The molecule has 0 aliphatic heterocycles. The van der Waals surface area contributed by atoms with Gasteiger partial charge in [-0.25, -0.2) is 8.42 Å². The molecule has 0 amide bonds. The van der Waals surface area contributed by atoms with E-state index in [1.807, 2.05) is 0 Å². The van der Waals surface area contributed by atoms with Crippen molar-refractivity contribution < 1.29 is 8.42 Å². The highest BCUT2D eigenvalue weighted by atomic mass is 35.5. The van der Waals surface area contributed by atoms with E-state index >= 15 is 0 Å². The lowest BCUT2D eigenvalue weighted by Gasteiger charge is -2.22. The Hall–Kier alpha value is -0.740. The van der Waals surface area contributed by atoms with E-state index in [1.165, 1.54) is 19.3 Å². The molecular formula is C14H18ClNO2S. The first-order valence-corrected chi connectivity index (χ1v) is 8.77. The van der Waals surface area contributed by atoms with E-state index in [-0.39, 0.29) is 21.4 Å². The molecule has 3 atom stereocenters. The average molecular weight is 300 g/mol. The zero-order valence-electron chi connectivity index (χ0n) is 10.7. The molecule has 1 aromatic carbocycles. The van der Waals surface area contributed by atoms with Crippen LogP contribution in [0.25, 0.3) is 0 Å². The predicted molar refractivity (Wildman–Crippen MR) is 76.9 cm³/mol. The van der Waals surface area contributed by atoms with Crippen LogP contribution in [-0.4, -0.2) is 14.2 Å². The largest absolute Gasteiger partial charge is 0.398 e. The molecule has 0 heterocycles. The van der Waals surface area contributed by atoms with Crippen molar-refractivity contribution >= 4 is 27.1 Å². The lowest BCUT2D eigenvalue weighted by atomic mass is 9.90. The fourth-order valence-electron chi connectivity index (χ4n) is 3.80. The smallest absolute Gasteiger partial charge is 0.182 e. The van der Waals surface area contributed by atoms with Crippen LogP contribution in [0.4, 0.5) is 5.69 Å². The SMILES string of the molecule is Nc1cccc(Cl)c1S(=O)(=O)CC1CC2CCC1C2. The molecule has 2 aliphatic carbocycles. The van der Waals surface area contributed by atoms with Gasteiger partial charge in [0.05, 0.1) is 16.5 Å². The van der Waals surface area contributed by atoms with Crippen molar-refractivity contribution in [3.8, 4) is 0 Å². The van der Waals surface area contributed by atoms with Crippen LogP contribution in [0, 0.1) is 17.8 Å². The van der Waals surface area contributed by atoms with Crippen LogP contribution >= 0.6 is 11.6 Å². The maximum Gasteiger partial charge on any atom is 0.182 e. The first kappa shape index (κ1) is 13.3. The summed E-state index contributed by atoms with van der Waals surface area (Å²) < 4.78 is 25.1. The highest BCUT2D eigenvalue weighted by Gasteiger charge is 2.41. The Morgan fingerprint density at radius 2 is 2.05 bits per heavy atom. The number of benzene rings is 1. The Labute approximate surface area is 119 Å². The fraction of sp³-hybridized carbons (Fsp3) is 0.571. The zero-order valence-corrected chi connectivity index (χ0v) is 12.3. The van der Waals surface area contributed by atoms with Crippen LogP contribution in [0.15, 0.2) is 23.1 Å². The van der Waals surface area contributed by atoms with Gasteiger partial charge in [0.25, 0.3) is 0 Å². The number of hydrogen-bond donors (Lipinski definition) is 1. The minimum absolute atomic E-state index is 0.124. The van der Waals surface area contributed by atoms with Gasteiger partial charge in [-0.05, 0) is 49.1 Å². The normalized spacial score (nSPS) is 29.8. The fourth-order valence-corrected chi connectivity index (χ4v) is 6.26. The monoisotopic (exact) mass is 299 g/mol. The molecule has 2 saturated carbocycles. The number of nitrogen functional groups attached to an aromatic ring is 1. The summed E-state index contributed by atoms with van der Waals surface area (Å²) in [6, 6.07) is 4.86. The lowest BCUT2D eigenvalue weighted by Crippen LogP contribution is -2.22. The van der Waals surface area contributed by atoms with Gasteiger partial charge in [0, 0.05) is 0 Å². The molecule has 5 heteroatoms. The number of anilines is 1. The molecule has 3 unspecified atom stereocenters. The van der Waals surface area contributed by atoms with Gasteiger partial charge in [0.2, 0.25) is 0 Å². The van der Waals surface area contributed by atoms with Crippen LogP contribution < -0.4 is 5.73 Å². The maximum atomic E-state index is 12.5. The van der Waals surface area contributed by atoms with E-state index < -0.39 is 9.84 Å². The summed E-state index contributed by atoms with van der Waals surface area (Å²) >= 11 is 6.02. The van der Waals surface area contributed by atoms with Crippen LogP contribution in [0.1, 0.15) is 25.7 Å². The van der Waals surface area contributed by atoms with Crippen LogP contribution in [0.3, 0.4) is 0 Å². The van der Waals surface area contributed by atoms with Crippen molar-refractivity contribution in [3.05, 3.63) is 23.2 Å². The Bertz CT molecular complexity index is 579. The van der Waals surface area contributed by atoms with E-state index in [0.29, 0.717) is 11.8 Å². The molecule has 0 aromatic heterocycles. The number of hydrogen-bond acceptors (Lipinski definition) is 3. The molecule has 2 aliphatic rings. The molecule has 19 heavy (non-hydrogen) atoms. The second-order valence-corrected chi connectivity index (χ2v) is 8.25. The Morgan fingerprint density at radius 3 is 2.63 bits per heavy atom. The molecule has 2 fully saturated rings. The Morgan fingerprint density at radius 1 is 1.26 bits per heavy atom. The molecular weight excluding hydrogens is 282 g/mol. The second-order valence-electron chi connectivity index (χ2n) is 5.87. The summed E-state index contributed by atoms with van der Waals surface area (Å²) in [5.41, 5.74) is 6.05. The molecule has 104 valence electrons. The molecule has 3 rings (SSSR count). The lowest BCUT2D eigenvalue weighted by molar-refractivity contribution is 0.360. The quantitative estimate of drug-likeness (QED) is 0.872. The van der Waals surface area contributed by atoms with E-state index in [0.717, 1.165) is 12.3 Å². The summed E-state index contributed by atoms with van der Waals surface area (Å²) in [4.78, 5) is 0.124. The van der Waals surface area contributed by atoms with Crippen LogP contribution in [-0.2, 0) is 9.84 Å². The third-order valence-corrected chi connectivity index (χ3v) is 7.00. The van der Waals surface area contributed by atoms with Gasteiger partial charge in [-0.15, -0.1) is 0 Å². The summed E-state index contributed by atoms with van der Waals surface area (Å²) in [7, 11) is -3.38. The summed E-state index contributed by atoms with van der Waals surface area (Å²) in [5.74, 6) is 1.82. The summed E-state index contributed by atoms with van der Waals surface area (Å²) in [5, 5.41) is 0.239. The van der Waals surface area contributed by atoms with Crippen molar-refractivity contribution in [2.24, 2.45) is 17.8 Å². The number of nitrogens with two attached hydrogens (primary N) is 1. The molecule has 0 spiro atoms. The van der Waals surface area contributed by atoms with Crippen LogP contribution in [0.5, 0.6) is 0 Å². The number of sulfone groups is 1. The Balaban J connectivity index is 1.87. The highest BCUT2D eigenvalue weighted by molar-refractivity contribution is 7.91. The topological polar surface area (TPSA) is 60.2 Å². The van der Waals surface area contributed by atoms with Gasteiger partial charge in [0.1, 0.15) is 4.90 Å². The van der Waals surface area contributed by atoms with Gasteiger partial charge in [-0.3, -0.25) is 0 Å². The first-order valence-electron chi connectivity index (χ1n) is 6.74. The molecule has 2 bridgehead atoms. The van der Waals surface area contributed by atoms with Gasteiger partial charge in [-0.2, -0.15) is 0 Å². The molecule has 0 saturated heterocycles. The van der Waals surface area contributed by atoms with Gasteiger partial charge in [0.15, 0.2) is 9.84 Å². The van der Waals surface area contributed by atoms with Crippen molar-refractivity contribution in [2.75, 3.05) is 11.5 Å². The molecule has 0 radical (unpaired) electrons. The minimum Gasteiger partial charge on any atom is -0.398 e. The second kappa shape index (κ2) is 4.67. The van der Waals surface area contributed by atoms with E-state index in [9.17, 15) is 8.42 Å². The van der Waals surface area contributed by atoms with E-state index in [1.54, 1.807) is 18.2 Å². The van der Waals surface area contributed by atoms with Gasteiger partial charge in [-0.1, -0.05) is 24.1 Å². The minimum atomic E-state index is -3.38. The highest BCUT2D eigenvalue weighted by Crippen LogP contribution is 2.49. The van der Waals surface area contributed by atoms with Gasteiger partial charge < -0.3 is 5.73 Å². The summed E-state index contributed by atoms with van der Waals surface area (Å²) in [6.07, 6.45) is 4.71. The Kier molecular flexibility index (Phi) is 3.26. The zero-order chi connectivity index (χ0) is 13.6. The van der Waals surface area contributed by atoms with Gasteiger partial charge >= 0.3 is 0 Å². The van der Waals surface area contributed by atoms with E-state index in [4.69, 9.17) is 17.3 Å². The number of halogens is 1. The van der Waals surface area contributed by atoms with E-state index in [2.05, 4.69) is 0 Å². The third-order valence-electron chi connectivity index (χ3n) is 4.63. The molecule has 1 aromatic rings. The van der Waals surface area contributed by atoms with Crippen molar-refractivity contribution in [1.29, 1.82) is 0 Å². The van der Waals surface area contributed by atoms with Crippen molar-refractivity contribution in [3.63, 3.8) is 0 Å². The summed E-state index contributed by atoms with van der Waals surface area (Å²) in [6.45, 7) is 0. The number of fused-ring (bicyclic) bond motifs is 2. The van der Waals surface area contributed by atoms with Crippen molar-refractivity contribution in [2.45, 2.75) is 30.6 Å². The molecule has 3 nitrogen and oxygen atoms in total. The van der Waals surface area contributed by atoms with Crippen molar-refractivity contribution in [1.82, 2.24) is 0 Å². The predicted octanol–water partition coefficient (Wildman–Crippen LogP) is 3.13. The third kappa shape index (κ3) is 2.36. The first-order chi connectivity index (χ1) is 8.97. The molecule has 2 N–H and O–H groups in total. The number of rotatable bonds is 3. The average Bonchev–Trinajstić information content (AvgIpc) is 2.89. The maximum absolute atomic E-state index is 12.5. The van der Waals surface area contributed by atoms with Crippen LogP contribution in [0.2, 0.25) is 5.02 Å². The standard InChI is InChI=1S/C14H18ClNO2S/c15-12-2-1-3-13(16)14(12)19(17,18)8-11-7-9-4-5-10(11)6-9/h1-3,9-11H,4-8,16H2.